The number of halogens is 1. The molecule has 0 atom stereocenters. The van der Waals surface area contributed by atoms with Gasteiger partial charge in [0, 0.05) is 64.0 Å². The van der Waals surface area contributed by atoms with Crippen LogP contribution in [0.4, 0.5) is 10.1 Å². The minimum absolute atomic E-state index is 0.199. The Morgan fingerprint density at radius 2 is 1.91 bits per heavy atom. The molecule has 0 unspecified atom stereocenters. The third-order valence-corrected chi connectivity index (χ3v) is 6.41. The van der Waals surface area contributed by atoms with E-state index in [0.717, 1.165) is 37.6 Å². The van der Waals surface area contributed by atoms with Crippen molar-refractivity contribution in [2.75, 3.05) is 38.1 Å². The lowest BCUT2D eigenvalue weighted by Crippen LogP contribution is -2.46. The molecule has 34 heavy (non-hydrogen) atoms. The number of hydrogen-bond acceptors (Lipinski definition) is 6. The number of piperazine rings is 1. The third-order valence-electron chi connectivity index (χ3n) is 6.41. The van der Waals surface area contributed by atoms with Crippen LogP contribution in [-0.2, 0) is 13.6 Å². The maximum Gasteiger partial charge on any atom is 0.269 e. The SMILES string of the molecule is CNC(=O)c1ccc(N2CCN(Cc3ccc4c([nH]c(=O)c5cn(C)nc54)c3F)CC2)c(C)n1. The molecule has 0 bridgehead atoms. The Morgan fingerprint density at radius 3 is 2.62 bits per heavy atom. The fourth-order valence-corrected chi connectivity index (χ4v) is 4.63. The molecule has 10 heteroatoms. The molecule has 2 N–H and O–H groups in total. The number of nitrogens with one attached hydrogen (secondary N) is 2. The molecular formula is C24H26FN7O2. The first kappa shape index (κ1) is 22.0. The van der Waals surface area contributed by atoms with Gasteiger partial charge in [-0.25, -0.2) is 9.37 Å². The highest BCUT2D eigenvalue weighted by Crippen LogP contribution is 2.26. The Morgan fingerprint density at radius 1 is 1.15 bits per heavy atom. The highest BCUT2D eigenvalue weighted by Gasteiger charge is 2.22. The first-order chi connectivity index (χ1) is 16.4. The molecule has 1 saturated heterocycles. The van der Waals surface area contributed by atoms with Gasteiger partial charge in [-0.05, 0) is 19.1 Å². The van der Waals surface area contributed by atoms with Crippen molar-refractivity contribution in [1.82, 2.24) is 30.0 Å². The number of nitrogens with zero attached hydrogens (tertiary/aromatic N) is 5. The average molecular weight is 464 g/mol. The molecule has 0 radical (unpaired) electrons. The van der Waals surface area contributed by atoms with Crippen LogP contribution in [-0.4, -0.2) is 63.8 Å². The summed E-state index contributed by atoms with van der Waals surface area (Å²) >= 11 is 0. The molecule has 176 valence electrons. The van der Waals surface area contributed by atoms with Crippen molar-refractivity contribution in [2.45, 2.75) is 13.5 Å². The highest BCUT2D eigenvalue weighted by atomic mass is 19.1. The number of rotatable bonds is 4. The largest absolute Gasteiger partial charge is 0.368 e. The molecule has 4 heterocycles. The fourth-order valence-electron chi connectivity index (χ4n) is 4.63. The van der Waals surface area contributed by atoms with Gasteiger partial charge in [-0.1, -0.05) is 12.1 Å². The summed E-state index contributed by atoms with van der Waals surface area (Å²) in [5.41, 5.74) is 3.11. The minimum atomic E-state index is -0.408. The average Bonchev–Trinajstić information content (AvgIpc) is 3.24. The molecule has 0 saturated carbocycles. The Kier molecular flexibility index (Phi) is 5.52. The summed E-state index contributed by atoms with van der Waals surface area (Å²) in [6.45, 7) is 5.39. The van der Waals surface area contributed by atoms with Crippen LogP contribution < -0.4 is 15.8 Å². The van der Waals surface area contributed by atoms with E-state index in [2.05, 4.69) is 30.2 Å². The van der Waals surface area contributed by atoms with Gasteiger partial charge in [0.1, 0.15) is 11.2 Å². The molecule has 1 aliphatic rings. The monoisotopic (exact) mass is 463 g/mol. The predicted molar refractivity (Wildman–Crippen MR) is 129 cm³/mol. The fraction of sp³-hybridized carbons (Fsp3) is 0.333. The number of aryl methyl sites for hydroxylation is 2. The number of benzene rings is 1. The van der Waals surface area contributed by atoms with Crippen LogP contribution in [0.1, 0.15) is 21.7 Å². The van der Waals surface area contributed by atoms with E-state index in [-0.39, 0.29) is 17.0 Å². The summed E-state index contributed by atoms with van der Waals surface area (Å²) in [4.78, 5) is 35.8. The number of aromatic amines is 1. The van der Waals surface area contributed by atoms with E-state index in [1.165, 1.54) is 0 Å². The van der Waals surface area contributed by atoms with Crippen molar-refractivity contribution in [1.29, 1.82) is 0 Å². The number of H-pyrrole nitrogens is 1. The first-order valence-corrected chi connectivity index (χ1v) is 11.2. The van der Waals surface area contributed by atoms with Crippen LogP contribution in [0.25, 0.3) is 21.8 Å². The third kappa shape index (κ3) is 3.79. The lowest BCUT2D eigenvalue weighted by Gasteiger charge is -2.36. The number of pyridine rings is 2. The Labute approximate surface area is 195 Å². The van der Waals surface area contributed by atoms with Crippen LogP contribution in [0.15, 0.2) is 35.3 Å². The van der Waals surface area contributed by atoms with Gasteiger partial charge in [-0.2, -0.15) is 5.10 Å². The maximum absolute atomic E-state index is 15.4. The number of amides is 1. The second-order valence-corrected chi connectivity index (χ2v) is 8.62. The summed E-state index contributed by atoms with van der Waals surface area (Å²) in [6, 6.07) is 7.28. The molecule has 9 nitrogen and oxygen atoms in total. The first-order valence-electron chi connectivity index (χ1n) is 11.2. The number of aromatic nitrogens is 4. The zero-order chi connectivity index (χ0) is 24.0. The molecule has 3 aromatic heterocycles. The summed E-state index contributed by atoms with van der Waals surface area (Å²) in [5, 5.41) is 7.98. The van der Waals surface area contributed by atoms with Crippen LogP contribution in [0.5, 0.6) is 0 Å². The van der Waals surface area contributed by atoms with Crippen molar-refractivity contribution in [3.63, 3.8) is 0 Å². The summed E-state index contributed by atoms with van der Waals surface area (Å²) in [6.07, 6.45) is 1.64. The van der Waals surface area contributed by atoms with E-state index >= 15 is 4.39 Å². The van der Waals surface area contributed by atoms with E-state index in [0.29, 0.717) is 34.1 Å². The van der Waals surface area contributed by atoms with Crippen LogP contribution in [0.2, 0.25) is 0 Å². The van der Waals surface area contributed by atoms with Gasteiger partial charge in [-0.3, -0.25) is 19.2 Å². The predicted octanol–water partition coefficient (Wildman–Crippen LogP) is 1.94. The Hall–Kier alpha value is -3.79. The molecule has 5 rings (SSSR count). The number of anilines is 1. The molecular weight excluding hydrogens is 437 g/mol. The van der Waals surface area contributed by atoms with E-state index in [1.807, 2.05) is 19.1 Å². The van der Waals surface area contributed by atoms with Crippen molar-refractivity contribution >= 4 is 33.4 Å². The Bertz CT molecular complexity index is 1470. The van der Waals surface area contributed by atoms with Crippen molar-refractivity contribution in [3.8, 4) is 0 Å². The maximum atomic E-state index is 15.4. The van der Waals surface area contributed by atoms with Gasteiger partial charge in [0.2, 0.25) is 0 Å². The van der Waals surface area contributed by atoms with E-state index in [9.17, 15) is 9.59 Å². The molecule has 1 aromatic carbocycles. The van der Waals surface area contributed by atoms with Gasteiger partial charge in [0.15, 0.2) is 5.82 Å². The van der Waals surface area contributed by atoms with E-state index < -0.39 is 5.82 Å². The lowest BCUT2D eigenvalue weighted by molar-refractivity contribution is 0.0958. The molecule has 1 fully saturated rings. The van der Waals surface area contributed by atoms with Gasteiger partial charge in [0.25, 0.3) is 11.5 Å². The number of carbonyl (C=O) groups is 1. The van der Waals surface area contributed by atoms with E-state index in [1.54, 1.807) is 37.1 Å². The Balaban J connectivity index is 1.32. The molecule has 4 aromatic rings. The van der Waals surface area contributed by atoms with Crippen molar-refractivity contribution in [3.05, 3.63) is 63.6 Å². The standard InChI is InChI=1S/C24H26FN7O2/c1-14-19(7-6-18(27-14)24(34)26-2)32-10-8-31(9-11-32)12-15-4-5-16-21-17(13-30(3)29-21)23(33)28-22(16)20(15)25/h4-7,13H,8-12H2,1-3H3,(H,26,34)(H,28,33). The normalized spacial score (nSPS) is 14.8. The summed E-state index contributed by atoms with van der Waals surface area (Å²) in [7, 11) is 3.32. The molecule has 1 amide bonds. The minimum Gasteiger partial charge on any atom is -0.368 e. The molecule has 0 spiro atoms. The number of carbonyl (C=O) groups excluding carboxylic acids is 1. The van der Waals surface area contributed by atoms with Crippen LogP contribution >= 0.6 is 0 Å². The molecule has 0 aliphatic carbocycles. The topological polar surface area (TPSA) is 99.2 Å². The number of hydrogen-bond donors (Lipinski definition) is 2. The van der Waals surface area contributed by atoms with Gasteiger partial charge in [0.05, 0.1) is 22.3 Å². The molecule has 1 aliphatic heterocycles. The van der Waals surface area contributed by atoms with Crippen molar-refractivity contribution < 1.29 is 9.18 Å². The summed E-state index contributed by atoms with van der Waals surface area (Å²) in [5.74, 6) is -0.614. The van der Waals surface area contributed by atoms with Crippen LogP contribution in [0.3, 0.4) is 0 Å². The summed E-state index contributed by atoms with van der Waals surface area (Å²) < 4.78 is 16.9. The second-order valence-electron chi connectivity index (χ2n) is 8.62. The number of fused-ring (bicyclic) bond motifs is 3. The van der Waals surface area contributed by atoms with Crippen LogP contribution in [0, 0.1) is 12.7 Å². The van der Waals surface area contributed by atoms with Gasteiger partial charge in [-0.15, -0.1) is 0 Å². The van der Waals surface area contributed by atoms with E-state index in [4.69, 9.17) is 0 Å². The van der Waals surface area contributed by atoms with Gasteiger partial charge >= 0.3 is 0 Å². The second kappa shape index (κ2) is 8.53. The smallest absolute Gasteiger partial charge is 0.269 e. The highest BCUT2D eigenvalue weighted by molar-refractivity contribution is 6.03. The zero-order valence-corrected chi connectivity index (χ0v) is 19.4. The lowest BCUT2D eigenvalue weighted by atomic mass is 10.1. The zero-order valence-electron chi connectivity index (χ0n) is 19.4. The quantitative estimate of drug-likeness (QED) is 0.480. The van der Waals surface area contributed by atoms with Crippen molar-refractivity contribution in [2.24, 2.45) is 7.05 Å². The van der Waals surface area contributed by atoms with Gasteiger partial charge < -0.3 is 15.2 Å².